The van der Waals surface area contributed by atoms with Gasteiger partial charge in [0.15, 0.2) is 5.16 Å². The summed E-state index contributed by atoms with van der Waals surface area (Å²) in [6, 6.07) is 0. The Kier molecular flexibility index (Phi) is 1.61. The molecule has 1 aliphatic rings. The van der Waals surface area contributed by atoms with E-state index >= 15 is 0 Å². The molecule has 5 heteroatoms. The number of aliphatic hydroxyl groups is 1. The fourth-order valence-electron chi connectivity index (χ4n) is 1.08. The molecule has 0 fully saturated rings. The molecule has 0 saturated heterocycles. The second-order valence-corrected chi connectivity index (χ2v) is 3.58. The Labute approximate surface area is 68.6 Å². The van der Waals surface area contributed by atoms with Gasteiger partial charge in [-0.2, -0.15) is 5.10 Å². The van der Waals surface area contributed by atoms with E-state index in [9.17, 15) is 5.11 Å². The van der Waals surface area contributed by atoms with Gasteiger partial charge < -0.3 is 5.11 Å². The van der Waals surface area contributed by atoms with Crippen molar-refractivity contribution in [2.24, 2.45) is 0 Å². The largest absolute Gasteiger partial charge is 0.390 e. The lowest BCUT2D eigenvalue weighted by molar-refractivity contribution is 0.164. The molecule has 2 heterocycles. The summed E-state index contributed by atoms with van der Waals surface area (Å²) in [7, 11) is 0. The topological polar surface area (TPSA) is 50.9 Å². The number of fused-ring (bicyclic) bond motifs is 1. The molecule has 1 N–H and O–H groups in total. The van der Waals surface area contributed by atoms with Crippen LogP contribution in [0, 0.1) is 6.92 Å². The fraction of sp³-hybridized carbons (Fsp3) is 0.667. The average Bonchev–Trinajstić information content (AvgIpc) is 2.27. The van der Waals surface area contributed by atoms with Crippen molar-refractivity contribution in [3.8, 4) is 0 Å². The lowest BCUT2D eigenvalue weighted by atomic mass is 10.4. The fourth-order valence-corrected chi connectivity index (χ4v) is 1.99. The van der Waals surface area contributed by atoms with Crippen molar-refractivity contribution in [1.29, 1.82) is 0 Å². The van der Waals surface area contributed by atoms with Crippen LogP contribution in [0.3, 0.4) is 0 Å². The Bertz CT molecular complexity index is 273. The Morgan fingerprint density at radius 3 is 3.36 bits per heavy atom. The second kappa shape index (κ2) is 2.49. The smallest absolute Gasteiger partial charge is 0.186 e. The number of rotatable bonds is 0. The minimum Gasteiger partial charge on any atom is -0.390 e. The van der Waals surface area contributed by atoms with Gasteiger partial charge >= 0.3 is 0 Å². The van der Waals surface area contributed by atoms with E-state index in [-0.39, 0.29) is 6.10 Å². The van der Waals surface area contributed by atoms with Gasteiger partial charge in [-0.25, -0.2) is 9.67 Å². The highest BCUT2D eigenvalue weighted by Gasteiger charge is 2.18. The normalized spacial score (nSPS) is 23.3. The van der Waals surface area contributed by atoms with E-state index in [1.165, 1.54) is 0 Å². The van der Waals surface area contributed by atoms with Crippen LogP contribution in [0.4, 0.5) is 0 Å². The maximum absolute atomic E-state index is 9.26. The molecule has 1 atom stereocenters. The van der Waals surface area contributed by atoms with E-state index in [4.69, 9.17) is 0 Å². The number of aliphatic hydroxyl groups excluding tert-OH is 1. The van der Waals surface area contributed by atoms with Crippen LogP contribution in [-0.2, 0) is 6.54 Å². The van der Waals surface area contributed by atoms with E-state index in [2.05, 4.69) is 10.1 Å². The van der Waals surface area contributed by atoms with Gasteiger partial charge in [0.1, 0.15) is 5.82 Å². The third kappa shape index (κ3) is 1.25. The first-order valence-electron chi connectivity index (χ1n) is 3.48. The molecule has 1 aromatic heterocycles. The van der Waals surface area contributed by atoms with Crippen LogP contribution < -0.4 is 0 Å². The van der Waals surface area contributed by atoms with Gasteiger partial charge in [0.25, 0.3) is 0 Å². The highest BCUT2D eigenvalue weighted by molar-refractivity contribution is 7.99. The predicted molar refractivity (Wildman–Crippen MR) is 41.5 cm³/mol. The zero-order chi connectivity index (χ0) is 7.84. The SMILES string of the molecule is Cc1nc2n(n1)C[C@H](O)CS2. The maximum Gasteiger partial charge on any atom is 0.186 e. The van der Waals surface area contributed by atoms with Gasteiger partial charge in [-0.3, -0.25) is 0 Å². The molecule has 60 valence electrons. The van der Waals surface area contributed by atoms with Crippen molar-refractivity contribution >= 4 is 11.8 Å². The van der Waals surface area contributed by atoms with Crippen molar-refractivity contribution < 1.29 is 5.11 Å². The third-order valence-corrected chi connectivity index (χ3v) is 2.64. The Balaban J connectivity index is 2.34. The lowest BCUT2D eigenvalue weighted by Gasteiger charge is -2.16. The Hall–Kier alpha value is -0.550. The van der Waals surface area contributed by atoms with Gasteiger partial charge in [0.05, 0.1) is 12.6 Å². The minimum atomic E-state index is -0.270. The molecular formula is C6H9N3OS. The molecule has 0 radical (unpaired) electrons. The van der Waals surface area contributed by atoms with Crippen molar-refractivity contribution in [3.63, 3.8) is 0 Å². The van der Waals surface area contributed by atoms with Gasteiger partial charge in [-0.1, -0.05) is 11.8 Å². The zero-order valence-electron chi connectivity index (χ0n) is 6.19. The second-order valence-electron chi connectivity index (χ2n) is 2.59. The summed E-state index contributed by atoms with van der Waals surface area (Å²) < 4.78 is 1.76. The molecule has 0 unspecified atom stereocenters. The number of hydrogen-bond acceptors (Lipinski definition) is 4. The molecule has 0 aromatic carbocycles. The number of nitrogens with zero attached hydrogens (tertiary/aromatic N) is 3. The van der Waals surface area contributed by atoms with E-state index in [1.54, 1.807) is 16.4 Å². The van der Waals surface area contributed by atoms with Crippen LogP contribution in [-0.4, -0.2) is 31.7 Å². The van der Waals surface area contributed by atoms with Crippen LogP contribution in [0.2, 0.25) is 0 Å². The Morgan fingerprint density at radius 2 is 2.55 bits per heavy atom. The van der Waals surface area contributed by atoms with Crippen molar-refractivity contribution in [2.75, 3.05) is 5.75 Å². The molecule has 0 spiro atoms. The maximum atomic E-state index is 9.26. The summed E-state index contributed by atoms with van der Waals surface area (Å²) in [6.45, 7) is 2.45. The summed E-state index contributed by atoms with van der Waals surface area (Å²) >= 11 is 1.56. The number of hydrogen-bond donors (Lipinski definition) is 1. The van der Waals surface area contributed by atoms with E-state index in [0.29, 0.717) is 6.54 Å². The first-order chi connectivity index (χ1) is 5.25. The van der Waals surface area contributed by atoms with Crippen LogP contribution in [0.1, 0.15) is 5.82 Å². The molecule has 0 aliphatic carbocycles. The highest BCUT2D eigenvalue weighted by Crippen LogP contribution is 2.21. The highest BCUT2D eigenvalue weighted by atomic mass is 32.2. The standard InChI is InChI=1S/C6H9N3OS/c1-4-7-6-9(8-4)2-5(10)3-11-6/h5,10H,2-3H2,1H3/t5-/m0/s1. The van der Waals surface area contributed by atoms with Crippen molar-refractivity contribution in [1.82, 2.24) is 14.8 Å². The Morgan fingerprint density at radius 1 is 1.73 bits per heavy atom. The molecule has 2 rings (SSSR count). The molecule has 0 saturated carbocycles. The molecule has 1 aromatic rings. The lowest BCUT2D eigenvalue weighted by Crippen LogP contribution is -2.24. The van der Waals surface area contributed by atoms with Crippen molar-refractivity contribution in [2.45, 2.75) is 24.7 Å². The van der Waals surface area contributed by atoms with Gasteiger partial charge in [-0.15, -0.1) is 0 Å². The van der Waals surface area contributed by atoms with Crippen molar-refractivity contribution in [3.05, 3.63) is 5.82 Å². The average molecular weight is 171 g/mol. The van der Waals surface area contributed by atoms with E-state index < -0.39 is 0 Å². The third-order valence-electron chi connectivity index (χ3n) is 1.53. The molecule has 1 aliphatic heterocycles. The van der Waals surface area contributed by atoms with E-state index in [1.807, 2.05) is 6.92 Å². The molecule has 0 bridgehead atoms. The van der Waals surface area contributed by atoms with Crippen LogP contribution in [0.15, 0.2) is 5.16 Å². The van der Waals surface area contributed by atoms with E-state index in [0.717, 1.165) is 16.7 Å². The zero-order valence-corrected chi connectivity index (χ0v) is 7.01. The summed E-state index contributed by atoms with van der Waals surface area (Å²) in [6.07, 6.45) is -0.270. The molecule has 0 amide bonds. The summed E-state index contributed by atoms with van der Waals surface area (Å²) in [4.78, 5) is 4.19. The van der Waals surface area contributed by atoms with Gasteiger partial charge in [-0.05, 0) is 6.92 Å². The summed E-state index contributed by atoms with van der Waals surface area (Å²) in [5.74, 6) is 1.51. The first-order valence-corrected chi connectivity index (χ1v) is 4.46. The van der Waals surface area contributed by atoms with Crippen LogP contribution in [0.25, 0.3) is 0 Å². The monoisotopic (exact) mass is 171 g/mol. The van der Waals surface area contributed by atoms with Gasteiger partial charge in [0.2, 0.25) is 0 Å². The van der Waals surface area contributed by atoms with Crippen LogP contribution >= 0.6 is 11.8 Å². The summed E-state index contributed by atoms with van der Waals surface area (Å²) in [5.41, 5.74) is 0. The summed E-state index contributed by atoms with van der Waals surface area (Å²) in [5, 5.41) is 14.3. The number of aryl methyl sites for hydroxylation is 1. The molecule has 11 heavy (non-hydrogen) atoms. The minimum absolute atomic E-state index is 0.270. The quantitative estimate of drug-likeness (QED) is 0.599. The molecular weight excluding hydrogens is 162 g/mol. The molecule has 4 nitrogen and oxygen atoms in total. The number of aromatic nitrogens is 3. The van der Waals surface area contributed by atoms with Crippen LogP contribution in [0.5, 0.6) is 0 Å². The first kappa shape index (κ1) is 7.12. The number of thioether (sulfide) groups is 1. The van der Waals surface area contributed by atoms with Gasteiger partial charge in [0, 0.05) is 5.75 Å². The predicted octanol–water partition coefficient (Wildman–Crippen LogP) is 0.0531.